The monoisotopic (exact) mass is 353 g/mol. The van der Waals surface area contributed by atoms with E-state index in [1.165, 1.54) is 26.0 Å². The van der Waals surface area contributed by atoms with Gasteiger partial charge in [-0.2, -0.15) is 0 Å². The Morgan fingerprint density at radius 1 is 1.28 bits per heavy atom. The van der Waals surface area contributed by atoms with E-state index in [2.05, 4.69) is 10.6 Å². The maximum atomic E-state index is 11.7. The molecule has 4 N–H and O–H groups in total. The van der Waals surface area contributed by atoms with Crippen LogP contribution in [0.4, 0.5) is 0 Å². The largest absolute Gasteiger partial charge is 0.396 e. The normalized spacial score (nSPS) is 15.8. The summed E-state index contributed by atoms with van der Waals surface area (Å²) in [6.07, 6.45) is 3.52. The van der Waals surface area contributed by atoms with Gasteiger partial charge in [0.25, 0.3) is 17.7 Å². The minimum absolute atomic E-state index is 0.202. The highest BCUT2D eigenvalue weighted by atomic mass is 16.3. The Balaban J connectivity index is 2.26. The minimum atomic E-state index is -1.42. The van der Waals surface area contributed by atoms with E-state index in [4.69, 9.17) is 5.11 Å². The van der Waals surface area contributed by atoms with Crippen LogP contribution in [0.25, 0.3) is 0 Å². The Labute approximate surface area is 145 Å². The van der Waals surface area contributed by atoms with Crippen LogP contribution in [0, 0.1) is 5.41 Å². The predicted octanol–water partition coefficient (Wildman–Crippen LogP) is -1.57. The van der Waals surface area contributed by atoms with Crippen LogP contribution < -0.4 is 10.6 Å². The maximum Gasteiger partial charge on any atom is 0.253 e. The minimum Gasteiger partial charge on any atom is -0.396 e. The molecule has 1 rings (SSSR count). The number of aliphatic hydroxyl groups excluding tert-OH is 2. The van der Waals surface area contributed by atoms with Crippen LogP contribution in [0.2, 0.25) is 0 Å². The molecule has 0 bridgehead atoms. The van der Waals surface area contributed by atoms with Crippen LogP contribution in [-0.2, 0) is 19.2 Å². The Hall–Kier alpha value is -2.52. The van der Waals surface area contributed by atoms with Gasteiger partial charge in [0.05, 0.1) is 6.61 Å². The molecule has 0 aromatic heterocycles. The van der Waals surface area contributed by atoms with Crippen LogP contribution in [-0.4, -0.2) is 64.5 Å². The first-order chi connectivity index (χ1) is 11.7. The smallest absolute Gasteiger partial charge is 0.253 e. The number of carbonyl (C=O) groups excluding carboxylic acids is 4. The van der Waals surface area contributed by atoms with Crippen LogP contribution in [0.5, 0.6) is 0 Å². The van der Waals surface area contributed by atoms with E-state index in [0.29, 0.717) is 6.42 Å². The number of hydrogen-bond donors (Lipinski definition) is 4. The summed E-state index contributed by atoms with van der Waals surface area (Å²) in [6.45, 7) is 3.13. The SMILES string of the molecule is CC(C)(CO)C(O)C(=O)N/C=C/C(=O)NCCCN1C(=O)C=CC1=O. The molecule has 0 radical (unpaired) electrons. The van der Waals surface area contributed by atoms with E-state index < -0.39 is 23.3 Å². The van der Waals surface area contributed by atoms with Gasteiger partial charge in [0, 0.05) is 42.9 Å². The van der Waals surface area contributed by atoms with Gasteiger partial charge in [-0.25, -0.2) is 0 Å². The van der Waals surface area contributed by atoms with E-state index in [0.717, 1.165) is 17.2 Å². The summed E-state index contributed by atoms with van der Waals surface area (Å²) in [5.41, 5.74) is -1.00. The van der Waals surface area contributed by atoms with Crippen LogP contribution in [0.3, 0.4) is 0 Å². The summed E-state index contributed by atoms with van der Waals surface area (Å²) in [6, 6.07) is 0. The van der Waals surface area contributed by atoms with Gasteiger partial charge >= 0.3 is 0 Å². The van der Waals surface area contributed by atoms with Crippen molar-refractivity contribution in [3.8, 4) is 0 Å². The standard InChI is InChI=1S/C16H23N3O6/c1-16(2,10-20)14(24)15(25)18-8-6-11(21)17-7-3-9-19-12(22)4-5-13(19)23/h4-6,8,14,20,24H,3,7,9-10H2,1-2H3,(H,17,21)(H,18,25)/b8-6+. The highest BCUT2D eigenvalue weighted by molar-refractivity contribution is 6.12. The second-order valence-corrected chi connectivity index (χ2v) is 6.20. The molecular weight excluding hydrogens is 330 g/mol. The van der Waals surface area contributed by atoms with Crippen molar-refractivity contribution in [1.29, 1.82) is 0 Å². The fourth-order valence-corrected chi connectivity index (χ4v) is 1.88. The Bertz CT molecular complexity index is 579. The van der Waals surface area contributed by atoms with Gasteiger partial charge in [-0.05, 0) is 6.42 Å². The topological polar surface area (TPSA) is 136 Å². The Kier molecular flexibility index (Phi) is 7.46. The zero-order chi connectivity index (χ0) is 19.0. The molecule has 1 unspecified atom stereocenters. The molecule has 0 saturated carbocycles. The first-order valence-electron chi connectivity index (χ1n) is 7.76. The van der Waals surface area contributed by atoms with Crippen LogP contribution in [0.1, 0.15) is 20.3 Å². The van der Waals surface area contributed by atoms with Crippen LogP contribution in [0.15, 0.2) is 24.4 Å². The molecule has 0 aromatic carbocycles. The lowest BCUT2D eigenvalue weighted by Gasteiger charge is -2.26. The Morgan fingerprint density at radius 2 is 1.88 bits per heavy atom. The molecule has 0 aliphatic carbocycles. The van der Waals surface area contributed by atoms with Crippen LogP contribution >= 0.6 is 0 Å². The van der Waals surface area contributed by atoms with Crippen molar-refractivity contribution >= 4 is 23.6 Å². The molecule has 9 heteroatoms. The molecule has 4 amide bonds. The van der Waals surface area contributed by atoms with Crippen molar-refractivity contribution in [1.82, 2.24) is 15.5 Å². The summed E-state index contributed by atoms with van der Waals surface area (Å²) < 4.78 is 0. The number of aliphatic hydroxyl groups is 2. The second kappa shape index (κ2) is 9.09. The number of hydrogen-bond acceptors (Lipinski definition) is 6. The van der Waals surface area contributed by atoms with Crippen molar-refractivity contribution in [2.24, 2.45) is 5.41 Å². The first-order valence-corrected chi connectivity index (χ1v) is 7.76. The van der Waals surface area contributed by atoms with Gasteiger partial charge in [0.15, 0.2) is 0 Å². The molecule has 0 spiro atoms. The summed E-state index contributed by atoms with van der Waals surface area (Å²) in [5, 5.41) is 23.6. The quantitative estimate of drug-likeness (QED) is 0.225. The van der Waals surface area contributed by atoms with E-state index in [1.807, 2.05) is 0 Å². The van der Waals surface area contributed by atoms with Crippen molar-refractivity contribution in [3.05, 3.63) is 24.4 Å². The molecule has 1 aliphatic rings. The number of carbonyl (C=O) groups is 4. The third kappa shape index (κ3) is 6.12. The summed E-state index contributed by atoms with van der Waals surface area (Å²) in [5.74, 6) is -1.96. The highest BCUT2D eigenvalue weighted by Crippen LogP contribution is 2.19. The Morgan fingerprint density at radius 3 is 2.44 bits per heavy atom. The summed E-state index contributed by atoms with van der Waals surface area (Å²) in [7, 11) is 0. The van der Waals surface area contributed by atoms with Crippen molar-refractivity contribution in [2.45, 2.75) is 26.4 Å². The van der Waals surface area contributed by atoms with E-state index in [1.54, 1.807) is 0 Å². The van der Waals surface area contributed by atoms with Gasteiger partial charge in [0.2, 0.25) is 5.91 Å². The average Bonchev–Trinajstić information content (AvgIpc) is 2.89. The second-order valence-electron chi connectivity index (χ2n) is 6.20. The molecule has 25 heavy (non-hydrogen) atoms. The van der Waals surface area contributed by atoms with Crippen molar-refractivity contribution < 1.29 is 29.4 Å². The number of amides is 4. The fourth-order valence-electron chi connectivity index (χ4n) is 1.88. The molecular formula is C16H23N3O6. The number of imide groups is 1. The molecule has 138 valence electrons. The molecule has 1 atom stereocenters. The molecule has 1 heterocycles. The highest BCUT2D eigenvalue weighted by Gasteiger charge is 2.32. The average molecular weight is 353 g/mol. The predicted molar refractivity (Wildman–Crippen MR) is 87.6 cm³/mol. The zero-order valence-corrected chi connectivity index (χ0v) is 14.2. The van der Waals surface area contributed by atoms with Gasteiger partial charge < -0.3 is 20.8 Å². The van der Waals surface area contributed by atoms with E-state index >= 15 is 0 Å². The third-order valence-corrected chi connectivity index (χ3v) is 3.61. The van der Waals surface area contributed by atoms with Gasteiger partial charge in [0.1, 0.15) is 6.10 Å². The summed E-state index contributed by atoms with van der Waals surface area (Å²) >= 11 is 0. The number of nitrogens with zero attached hydrogens (tertiary/aromatic N) is 1. The molecule has 0 aromatic rings. The van der Waals surface area contributed by atoms with Crippen molar-refractivity contribution in [3.63, 3.8) is 0 Å². The van der Waals surface area contributed by atoms with Crippen molar-refractivity contribution in [2.75, 3.05) is 19.7 Å². The lowest BCUT2D eigenvalue weighted by Crippen LogP contribution is -2.44. The van der Waals surface area contributed by atoms with Gasteiger partial charge in [-0.1, -0.05) is 13.8 Å². The lowest BCUT2D eigenvalue weighted by molar-refractivity contribution is -0.137. The molecule has 9 nitrogen and oxygen atoms in total. The molecule has 0 fully saturated rings. The first kappa shape index (κ1) is 20.5. The molecule has 1 aliphatic heterocycles. The van der Waals surface area contributed by atoms with E-state index in [9.17, 15) is 24.3 Å². The summed E-state index contributed by atoms with van der Waals surface area (Å²) in [4.78, 5) is 46.9. The van der Waals surface area contributed by atoms with E-state index in [-0.39, 0.29) is 31.5 Å². The fraction of sp³-hybridized carbons (Fsp3) is 0.500. The lowest BCUT2D eigenvalue weighted by atomic mass is 9.87. The maximum absolute atomic E-state index is 11.7. The number of rotatable bonds is 9. The van der Waals surface area contributed by atoms with Gasteiger partial charge in [-0.3, -0.25) is 24.1 Å². The number of nitrogens with one attached hydrogen (secondary N) is 2. The van der Waals surface area contributed by atoms with Gasteiger partial charge in [-0.15, -0.1) is 0 Å². The molecule has 0 saturated heterocycles. The zero-order valence-electron chi connectivity index (χ0n) is 14.2. The third-order valence-electron chi connectivity index (χ3n) is 3.61.